The highest BCUT2D eigenvalue weighted by atomic mass is 19.4. The monoisotopic (exact) mass is 357 g/mol. The van der Waals surface area contributed by atoms with Crippen molar-refractivity contribution in [3.63, 3.8) is 0 Å². The lowest BCUT2D eigenvalue weighted by molar-refractivity contribution is -0.141. The van der Waals surface area contributed by atoms with Gasteiger partial charge in [0.15, 0.2) is 17.5 Å². The molecule has 0 saturated heterocycles. The number of carbonyl (C=O) groups excluding carboxylic acids is 1. The van der Waals surface area contributed by atoms with Gasteiger partial charge in [-0.05, 0) is 6.07 Å². The van der Waals surface area contributed by atoms with E-state index in [1.165, 1.54) is 0 Å². The average molecular weight is 357 g/mol. The summed E-state index contributed by atoms with van der Waals surface area (Å²) in [4.78, 5) is 18.6. The first-order chi connectivity index (χ1) is 11.7. The number of nitrogens with two attached hydrogens (primary N) is 1. The number of carbonyl (C=O) groups is 1. The van der Waals surface area contributed by atoms with E-state index < -0.39 is 40.8 Å². The van der Waals surface area contributed by atoms with E-state index in [0.29, 0.717) is 6.07 Å². The largest absolute Gasteiger partial charge is 0.433 e. The molecule has 1 aliphatic heterocycles. The molecule has 0 saturated carbocycles. The minimum Gasteiger partial charge on any atom is -0.365 e. The molecule has 0 spiro atoms. The molecule has 130 valence electrons. The fourth-order valence-electron chi connectivity index (χ4n) is 2.16. The molecule has 25 heavy (non-hydrogen) atoms. The highest BCUT2D eigenvalue weighted by Crippen LogP contribution is 2.35. The molecule has 0 bridgehead atoms. The van der Waals surface area contributed by atoms with Crippen molar-refractivity contribution < 1.29 is 26.7 Å². The summed E-state index contributed by atoms with van der Waals surface area (Å²) in [5.41, 5.74) is 3.58. The number of primary amides is 1. The standard InChI is InChI=1S/C14H8F5N5O/c15-5-3-7-8(4-6(5)16)23-13(22-7)10(11(20)25)12-21-2-1-9(24-12)14(17,18)19/h1-4,22-23H,(H2,20,25). The first kappa shape index (κ1) is 16.6. The molecule has 1 amide bonds. The second-order valence-electron chi connectivity index (χ2n) is 4.94. The number of aromatic nitrogens is 2. The van der Waals surface area contributed by atoms with Crippen LogP contribution < -0.4 is 16.4 Å². The van der Waals surface area contributed by atoms with Crippen molar-refractivity contribution in [2.75, 3.05) is 10.6 Å². The van der Waals surface area contributed by atoms with Crippen molar-refractivity contribution >= 4 is 22.9 Å². The van der Waals surface area contributed by atoms with Crippen LogP contribution in [-0.4, -0.2) is 15.9 Å². The Labute approximate surface area is 136 Å². The van der Waals surface area contributed by atoms with Crippen LogP contribution in [-0.2, 0) is 11.0 Å². The van der Waals surface area contributed by atoms with E-state index >= 15 is 0 Å². The van der Waals surface area contributed by atoms with Gasteiger partial charge in [-0.15, -0.1) is 0 Å². The molecule has 1 aromatic carbocycles. The maximum Gasteiger partial charge on any atom is 0.433 e. The molecule has 0 radical (unpaired) electrons. The SMILES string of the molecule is NC(=O)C(=C1Nc2cc(F)c(F)cc2N1)c1nccc(C(F)(F)F)n1. The summed E-state index contributed by atoms with van der Waals surface area (Å²) in [6.45, 7) is 0. The van der Waals surface area contributed by atoms with Crippen LogP contribution in [0.5, 0.6) is 0 Å². The van der Waals surface area contributed by atoms with Gasteiger partial charge < -0.3 is 16.4 Å². The highest BCUT2D eigenvalue weighted by molar-refractivity contribution is 6.20. The summed E-state index contributed by atoms with van der Waals surface area (Å²) in [7, 11) is 0. The van der Waals surface area contributed by atoms with Crippen LogP contribution >= 0.6 is 0 Å². The number of fused-ring (bicyclic) bond motifs is 1. The number of anilines is 2. The van der Waals surface area contributed by atoms with Gasteiger partial charge in [0.1, 0.15) is 17.1 Å². The second-order valence-corrected chi connectivity index (χ2v) is 4.94. The zero-order chi connectivity index (χ0) is 18.4. The molecule has 1 aliphatic rings. The van der Waals surface area contributed by atoms with Gasteiger partial charge in [-0.1, -0.05) is 0 Å². The number of hydrogen-bond donors (Lipinski definition) is 3. The Bertz CT molecular complexity index is 876. The van der Waals surface area contributed by atoms with Crippen LogP contribution in [0.1, 0.15) is 11.5 Å². The number of alkyl halides is 3. The Morgan fingerprint density at radius 1 is 1.08 bits per heavy atom. The lowest BCUT2D eigenvalue weighted by Crippen LogP contribution is -2.21. The Hall–Kier alpha value is -3.24. The van der Waals surface area contributed by atoms with E-state index in [1.54, 1.807) is 0 Å². The van der Waals surface area contributed by atoms with Crippen LogP contribution in [0.3, 0.4) is 0 Å². The summed E-state index contributed by atoms with van der Waals surface area (Å²) in [5, 5.41) is 5.08. The van der Waals surface area contributed by atoms with Crippen molar-refractivity contribution in [1.29, 1.82) is 0 Å². The fraction of sp³-hybridized carbons (Fsp3) is 0.0714. The molecule has 3 rings (SSSR count). The Balaban J connectivity index is 2.09. The molecule has 2 heterocycles. The highest BCUT2D eigenvalue weighted by Gasteiger charge is 2.34. The molecule has 0 atom stereocenters. The van der Waals surface area contributed by atoms with Crippen LogP contribution in [0.15, 0.2) is 30.2 Å². The third-order valence-electron chi connectivity index (χ3n) is 3.25. The van der Waals surface area contributed by atoms with Gasteiger partial charge >= 0.3 is 6.18 Å². The second kappa shape index (κ2) is 5.69. The van der Waals surface area contributed by atoms with E-state index in [9.17, 15) is 26.7 Å². The number of amides is 1. The van der Waals surface area contributed by atoms with E-state index in [4.69, 9.17) is 5.73 Å². The smallest absolute Gasteiger partial charge is 0.365 e. The predicted molar refractivity (Wildman–Crippen MR) is 76.8 cm³/mol. The van der Waals surface area contributed by atoms with Crippen molar-refractivity contribution in [1.82, 2.24) is 9.97 Å². The van der Waals surface area contributed by atoms with Crippen LogP contribution in [0.25, 0.3) is 5.57 Å². The molecule has 0 fully saturated rings. The molecule has 1 aromatic heterocycles. The summed E-state index contributed by atoms with van der Waals surface area (Å²) < 4.78 is 64.9. The molecule has 11 heteroatoms. The van der Waals surface area contributed by atoms with Gasteiger partial charge in [-0.2, -0.15) is 13.2 Å². The average Bonchev–Trinajstić information content (AvgIpc) is 2.89. The zero-order valence-corrected chi connectivity index (χ0v) is 12.1. The normalized spacial score (nSPS) is 13.1. The van der Waals surface area contributed by atoms with Crippen molar-refractivity contribution in [2.24, 2.45) is 5.73 Å². The van der Waals surface area contributed by atoms with Crippen molar-refractivity contribution in [3.05, 3.63) is 53.4 Å². The number of rotatable bonds is 2. The molecule has 0 aliphatic carbocycles. The maximum atomic E-state index is 13.3. The third kappa shape index (κ3) is 3.07. The van der Waals surface area contributed by atoms with Crippen LogP contribution in [0, 0.1) is 11.6 Å². The summed E-state index contributed by atoms with van der Waals surface area (Å²) in [6, 6.07) is 2.26. The van der Waals surface area contributed by atoms with E-state index in [2.05, 4.69) is 20.6 Å². The first-order valence-electron chi connectivity index (χ1n) is 6.64. The first-order valence-corrected chi connectivity index (χ1v) is 6.64. The molecular weight excluding hydrogens is 349 g/mol. The molecular formula is C14H8F5N5O. The number of hydrogen-bond acceptors (Lipinski definition) is 5. The molecule has 4 N–H and O–H groups in total. The van der Waals surface area contributed by atoms with Crippen molar-refractivity contribution in [2.45, 2.75) is 6.18 Å². The van der Waals surface area contributed by atoms with E-state index in [1.807, 2.05) is 0 Å². The Morgan fingerprint density at radius 2 is 1.64 bits per heavy atom. The summed E-state index contributed by atoms with van der Waals surface area (Å²) in [6.07, 6.45) is -3.94. The lowest BCUT2D eigenvalue weighted by atomic mass is 10.2. The lowest BCUT2D eigenvalue weighted by Gasteiger charge is -2.10. The van der Waals surface area contributed by atoms with Crippen LogP contribution in [0.4, 0.5) is 33.3 Å². The molecule has 0 unspecified atom stereocenters. The van der Waals surface area contributed by atoms with E-state index in [-0.39, 0.29) is 17.2 Å². The number of benzene rings is 1. The number of halogens is 5. The van der Waals surface area contributed by atoms with E-state index in [0.717, 1.165) is 18.3 Å². The Kier molecular flexibility index (Phi) is 3.78. The fourth-order valence-corrected chi connectivity index (χ4v) is 2.16. The maximum absolute atomic E-state index is 13.3. The Morgan fingerprint density at radius 3 is 2.12 bits per heavy atom. The third-order valence-corrected chi connectivity index (χ3v) is 3.25. The topological polar surface area (TPSA) is 92.9 Å². The minimum absolute atomic E-state index is 0.0691. The van der Waals surface area contributed by atoms with Gasteiger partial charge in [-0.3, -0.25) is 4.79 Å². The van der Waals surface area contributed by atoms with Gasteiger partial charge in [-0.25, -0.2) is 18.7 Å². The van der Waals surface area contributed by atoms with Gasteiger partial charge in [0, 0.05) is 18.3 Å². The summed E-state index contributed by atoms with van der Waals surface area (Å²) in [5.74, 6) is -4.21. The van der Waals surface area contributed by atoms with Crippen molar-refractivity contribution in [3.8, 4) is 0 Å². The minimum atomic E-state index is -4.75. The molecule has 2 aromatic rings. The quantitative estimate of drug-likeness (QED) is 0.567. The zero-order valence-electron chi connectivity index (χ0n) is 12.1. The number of nitrogens with zero attached hydrogens (tertiary/aromatic N) is 2. The van der Waals surface area contributed by atoms with Crippen LogP contribution in [0.2, 0.25) is 0 Å². The summed E-state index contributed by atoms with van der Waals surface area (Å²) >= 11 is 0. The van der Waals surface area contributed by atoms with Gasteiger partial charge in [0.2, 0.25) is 0 Å². The van der Waals surface area contributed by atoms with Gasteiger partial charge in [0.25, 0.3) is 5.91 Å². The van der Waals surface area contributed by atoms with Gasteiger partial charge in [0.05, 0.1) is 11.4 Å². The number of nitrogens with one attached hydrogen (secondary N) is 2. The molecule has 6 nitrogen and oxygen atoms in total. The predicted octanol–water partition coefficient (Wildman–Crippen LogP) is 2.47.